The van der Waals surface area contributed by atoms with Gasteiger partial charge in [-0.1, -0.05) is 6.07 Å². The average Bonchev–Trinajstić information content (AvgIpc) is 2.14. The fourth-order valence-electron chi connectivity index (χ4n) is 1.27. The number of nitrogens with one attached hydrogen (secondary N) is 1. The van der Waals surface area contributed by atoms with Crippen LogP contribution in [0.2, 0.25) is 0 Å². The Morgan fingerprint density at radius 1 is 1.41 bits per heavy atom. The van der Waals surface area contributed by atoms with Gasteiger partial charge in [0.25, 0.3) is 0 Å². The van der Waals surface area contributed by atoms with E-state index >= 15 is 0 Å². The Bertz CT molecular complexity index is 467. The van der Waals surface area contributed by atoms with Gasteiger partial charge in [0.15, 0.2) is 0 Å². The molecule has 1 N–H and O–H groups in total. The van der Waals surface area contributed by atoms with Gasteiger partial charge in [0.2, 0.25) is 0 Å². The van der Waals surface area contributed by atoms with Crippen LogP contribution in [-0.2, 0) is 4.74 Å². The van der Waals surface area contributed by atoms with Crippen molar-refractivity contribution < 1.29 is 9.53 Å². The summed E-state index contributed by atoms with van der Waals surface area (Å²) in [4.78, 5) is 11.6. The number of amides is 1. The standard InChI is InChI=1S/C13H16N2O2/c1-9-5-6-10(8-14)11(7-9)15-12(16)17-13(2,3)4/h5-7H,1-4H3,(H,15,16). The van der Waals surface area contributed by atoms with Crippen molar-refractivity contribution in [2.75, 3.05) is 5.32 Å². The number of benzene rings is 1. The van der Waals surface area contributed by atoms with Gasteiger partial charge in [-0.05, 0) is 45.4 Å². The molecule has 1 rings (SSSR count). The Hall–Kier alpha value is -2.02. The first-order chi connectivity index (χ1) is 7.81. The van der Waals surface area contributed by atoms with E-state index in [1.807, 2.05) is 19.1 Å². The summed E-state index contributed by atoms with van der Waals surface area (Å²) in [6.45, 7) is 7.25. The number of hydrogen-bond donors (Lipinski definition) is 1. The minimum Gasteiger partial charge on any atom is -0.444 e. The topological polar surface area (TPSA) is 62.1 Å². The van der Waals surface area contributed by atoms with E-state index in [2.05, 4.69) is 5.32 Å². The van der Waals surface area contributed by atoms with Crippen LogP contribution in [0.3, 0.4) is 0 Å². The van der Waals surface area contributed by atoms with Crippen molar-refractivity contribution >= 4 is 11.8 Å². The van der Waals surface area contributed by atoms with Gasteiger partial charge >= 0.3 is 6.09 Å². The number of hydrogen-bond acceptors (Lipinski definition) is 3. The number of ether oxygens (including phenoxy) is 1. The number of aryl methyl sites for hydroxylation is 1. The molecule has 0 saturated carbocycles. The van der Waals surface area contributed by atoms with Crippen molar-refractivity contribution in [3.8, 4) is 6.07 Å². The first-order valence-electron chi connectivity index (χ1n) is 5.32. The van der Waals surface area contributed by atoms with Gasteiger partial charge in [-0.25, -0.2) is 4.79 Å². The van der Waals surface area contributed by atoms with Crippen LogP contribution in [0.1, 0.15) is 31.9 Å². The van der Waals surface area contributed by atoms with Crippen LogP contribution < -0.4 is 5.32 Å². The van der Waals surface area contributed by atoms with Crippen LogP contribution in [-0.4, -0.2) is 11.7 Å². The molecular formula is C13H16N2O2. The van der Waals surface area contributed by atoms with Gasteiger partial charge in [-0.15, -0.1) is 0 Å². The number of nitriles is 1. The molecular weight excluding hydrogens is 216 g/mol. The van der Waals surface area contributed by atoms with E-state index in [9.17, 15) is 4.79 Å². The number of rotatable bonds is 1. The Kier molecular flexibility index (Phi) is 3.74. The van der Waals surface area contributed by atoms with Crippen LogP contribution in [0.4, 0.5) is 10.5 Å². The molecule has 1 aromatic carbocycles. The van der Waals surface area contributed by atoms with Gasteiger partial charge in [0, 0.05) is 0 Å². The molecule has 0 aliphatic heterocycles. The maximum atomic E-state index is 11.6. The van der Waals surface area contributed by atoms with E-state index in [1.54, 1.807) is 32.9 Å². The summed E-state index contributed by atoms with van der Waals surface area (Å²) < 4.78 is 5.12. The first-order valence-corrected chi connectivity index (χ1v) is 5.32. The predicted octanol–water partition coefficient (Wildman–Crippen LogP) is 3.21. The van der Waals surface area contributed by atoms with Crippen molar-refractivity contribution in [2.45, 2.75) is 33.3 Å². The van der Waals surface area contributed by atoms with Crippen molar-refractivity contribution in [3.05, 3.63) is 29.3 Å². The molecule has 0 radical (unpaired) electrons. The lowest BCUT2D eigenvalue weighted by Gasteiger charge is -2.20. The van der Waals surface area contributed by atoms with Crippen LogP contribution >= 0.6 is 0 Å². The Labute approximate surface area is 101 Å². The first kappa shape index (κ1) is 13.0. The summed E-state index contributed by atoms with van der Waals surface area (Å²) in [5.74, 6) is 0. The van der Waals surface area contributed by atoms with Crippen molar-refractivity contribution in [2.24, 2.45) is 0 Å². The summed E-state index contributed by atoms with van der Waals surface area (Å²) in [6, 6.07) is 7.25. The van der Waals surface area contributed by atoms with E-state index in [0.29, 0.717) is 11.3 Å². The predicted molar refractivity (Wildman–Crippen MR) is 65.8 cm³/mol. The highest BCUT2D eigenvalue weighted by atomic mass is 16.6. The summed E-state index contributed by atoms with van der Waals surface area (Å²) >= 11 is 0. The third-order valence-corrected chi connectivity index (χ3v) is 1.93. The summed E-state index contributed by atoms with van der Waals surface area (Å²) in [5.41, 5.74) is 1.30. The van der Waals surface area contributed by atoms with E-state index in [-0.39, 0.29) is 0 Å². The highest BCUT2D eigenvalue weighted by Crippen LogP contribution is 2.18. The van der Waals surface area contributed by atoms with Gasteiger partial charge in [0.05, 0.1) is 11.3 Å². The molecule has 0 aliphatic carbocycles. The molecule has 0 heterocycles. The zero-order valence-electron chi connectivity index (χ0n) is 10.5. The molecule has 0 unspecified atom stereocenters. The molecule has 17 heavy (non-hydrogen) atoms. The van der Waals surface area contributed by atoms with Crippen LogP contribution in [0, 0.1) is 18.3 Å². The number of anilines is 1. The van der Waals surface area contributed by atoms with Crippen LogP contribution in [0.25, 0.3) is 0 Å². The molecule has 0 atom stereocenters. The third-order valence-electron chi connectivity index (χ3n) is 1.93. The molecule has 4 heteroatoms. The second kappa shape index (κ2) is 4.88. The van der Waals surface area contributed by atoms with Crippen molar-refractivity contribution in [3.63, 3.8) is 0 Å². The third kappa shape index (κ3) is 4.15. The molecule has 1 aromatic rings. The zero-order chi connectivity index (χ0) is 13.1. The average molecular weight is 232 g/mol. The fourth-order valence-corrected chi connectivity index (χ4v) is 1.27. The number of carbonyl (C=O) groups excluding carboxylic acids is 1. The largest absolute Gasteiger partial charge is 0.444 e. The summed E-state index contributed by atoms with van der Waals surface area (Å²) in [6.07, 6.45) is -0.556. The Morgan fingerprint density at radius 2 is 2.06 bits per heavy atom. The minimum atomic E-state index is -0.556. The SMILES string of the molecule is Cc1ccc(C#N)c(NC(=O)OC(C)(C)C)c1. The molecule has 0 fully saturated rings. The summed E-state index contributed by atoms with van der Waals surface area (Å²) in [5, 5.41) is 11.5. The molecule has 0 spiro atoms. The van der Waals surface area contributed by atoms with E-state index in [0.717, 1.165) is 5.56 Å². The van der Waals surface area contributed by atoms with Gasteiger partial charge in [-0.2, -0.15) is 5.26 Å². The molecule has 4 nitrogen and oxygen atoms in total. The van der Waals surface area contributed by atoms with E-state index in [1.165, 1.54) is 0 Å². The lowest BCUT2D eigenvalue weighted by Crippen LogP contribution is -2.27. The Morgan fingerprint density at radius 3 is 2.59 bits per heavy atom. The number of nitrogens with zero attached hydrogens (tertiary/aromatic N) is 1. The van der Waals surface area contributed by atoms with Crippen molar-refractivity contribution in [1.82, 2.24) is 0 Å². The lowest BCUT2D eigenvalue weighted by atomic mass is 10.1. The molecule has 0 saturated heterocycles. The van der Waals surface area contributed by atoms with Crippen LogP contribution in [0.15, 0.2) is 18.2 Å². The van der Waals surface area contributed by atoms with E-state index < -0.39 is 11.7 Å². The highest BCUT2D eigenvalue weighted by molar-refractivity contribution is 5.86. The highest BCUT2D eigenvalue weighted by Gasteiger charge is 2.17. The molecule has 0 aliphatic rings. The Balaban J connectivity index is 2.85. The fraction of sp³-hybridized carbons (Fsp3) is 0.385. The normalized spacial score (nSPS) is 10.5. The molecule has 1 amide bonds. The zero-order valence-corrected chi connectivity index (χ0v) is 10.5. The van der Waals surface area contributed by atoms with Crippen LogP contribution in [0.5, 0.6) is 0 Å². The molecule has 0 bridgehead atoms. The van der Waals surface area contributed by atoms with Gasteiger partial charge < -0.3 is 4.74 Å². The second-order valence-corrected chi connectivity index (χ2v) is 4.79. The van der Waals surface area contributed by atoms with Crippen molar-refractivity contribution in [1.29, 1.82) is 5.26 Å². The monoisotopic (exact) mass is 232 g/mol. The smallest absolute Gasteiger partial charge is 0.412 e. The lowest BCUT2D eigenvalue weighted by molar-refractivity contribution is 0.0636. The minimum absolute atomic E-state index is 0.418. The van der Waals surface area contributed by atoms with Gasteiger partial charge in [-0.3, -0.25) is 5.32 Å². The second-order valence-electron chi connectivity index (χ2n) is 4.79. The quantitative estimate of drug-likeness (QED) is 0.808. The molecule has 90 valence electrons. The maximum absolute atomic E-state index is 11.6. The summed E-state index contributed by atoms with van der Waals surface area (Å²) in [7, 11) is 0. The number of carbonyl (C=O) groups is 1. The van der Waals surface area contributed by atoms with Gasteiger partial charge in [0.1, 0.15) is 11.7 Å². The van der Waals surface area contributed by atoms with E-state index in [4.69, 9.17) is 10.00 Å². The molecule has 0 aromatic heterocycles. The maximum Gasteiger partial charge on any atom is 0.412 e.